The first-order chi connectivity index (χ1) is 8.87. The Kier molecular flexibility index (Phi) is 9.62. The van der Waals surface area contributed by atoms with Gasteiger partial charge in [0.05, 0.1) is 0 Å². The Morgan fingerprint density at radius 1 is 1.37 bits per heavy atom. The minimum atomic E-state index is -0.476. The molecule has 5 heteroatoms. The van der Waals surface area contributed by atoms with E-state index in [-0.39, 0.29) is 6.04 Å². The van der Waals surface area contributed by atoms with E-state index in [4.69, 9.17) is 4.74 Å². The zero-order valence-corrected chi connectivity index (χ0v) is 16.9. The molecule has 102 valence electrons. The van der Waals surface area contributed by atoms with E-state index in [1.165, 1.54) is 14.8 Å². The molecular formula is C14H20INO2Zn. The number of benzene rings is 1. The summed E-state index contributed by atoms with van der Waals surface area (Å²) in [6, 6.07) is 9.73. The van der Waals surface area contributed by atoms with E-state index in [0.717, 1.165) is 5.56 Å². The van der Waals surface area contributed by atoms with E-state index < -0.39 is 11.7 Å². The molecule has 1 rings (SSSR count). The molecular weight excluding hydrogens is 406 g/mol. The van der Waals surface area contributed by atoms with Crippen molar-refractivity contribution in [3.8, 4) is 0 Å². The standard InChI is InChI=1S/C14H20NO2.HI.Zn/c1-11(10-12-8-6-5-7-9-12)15-13(16)17-14(2,3)4;;/h5-9,11H,1,10H2,2-4H3,(H,15,16);1H;/q-1;;+2/p-1/t11-;;/m1../s1. The van der Waals surface area contributed by atoms with E-state index in [2.05, 4.69) is 32.0 Å². The van der Waals surface area contributed by atoms with Crippen LogP contribution < -0.4 is 5.32 Å². The van der Waals surface area contributed by atoms with E-state index >= 15 is 0 Å². The van der Waals surface area contributed by atoms with Gasteiger partial charge in [-0.3, -0.25) is 0 Å². The van der Waals surface area contributed by atoms with Gasteiger partial charge in [0.2, 0.25) is 0 Å². The Bertz CT molecular complexity index is 365. The van der Waals surface area contributed by atoms with Crippen LogP contribution in [0.15, 0.2) is 30.3 Å². The molecule has 0 aromatic heterocycles. The molecule has 0 aliphatic carbocycles. The third-order valence-electron chi connectivity index (χ3n) is 2.05. The molecule has 1 aromatic rings. The van der Waals surface area contributed by atoms with Crippen LogP contribution in [-0.4, -0.2) is 17.7 Å². The number of carbonyl (C=O) groups excluding carboxylic acids is 1. The molecule has 0 bridgehead atoms. The van der Waals surface area contributed by atoms with E-state index in [1.807, 2.05) is 51.1 Å². The zero-order chi connectivity index (χ0) is 14.9. The number of halogens is 1. The van der Waals surface area contributed by atoms with Crippen molar-refractivity contribution >= 4 is 25.8 Å². The van der Waals surface area contributed by atoms with Gasteiger partial charge in [0.1, 0.15) is 5.60 Å². The van der Waals surface area contributed by atoms with Crippen LogP contribution in [0.2, 0.25) is 0 Å². The Hall–Kier alpha value is -0.157. The van der Waals surface area contributed by atoms with Crippen LogP contribution in [0.5, 0.6) is 0 Å². The summed E-state index contributed by atoms with van der Waals surface area (Å²) in [6.45, 7) is 9.40. The second-order valence-electron chi connectivity index (χ2n) is 5.03. The second kappa shape index (κ2) is 9.70. The summed E-state index contributed by atoms with van der Waals surface area (Å²) < 4.78 is 5.16. The molecule has 0 fully saturated rings. The van der Waals surface area contributed by atoms with Crippen LogP contribution in [-0.2, 0) is 25.9 Å². The van der Waals surface area contributed by atoms with Gasteiger partial charge in [0.25, 0.3) is 0 Å². The molecule has 0 unspecified atom stereocenters. The Morgan fingerprint density at radius 2 is 1.89 bits per heavy atom. The van der Waals surface area contributed by atoms with Gasteiger partial charge in [-0.05, 0) is 32.8 Å². The Labute approximate surface area is 136 Å². The number of rotatable bonds is 3. The van der Waals surface area contributed by atoms with Gasteiger partial charge in [-0.15, -0.1) is 0 Å². The SMILES string of the molecule is [CH2-][C@H](Cc1ccccc1)NC(=O)OC(C)(C)C.[Zn+][I]. The maximum atomic E-state index is 11.5. The minimum absolute atomic E-state index is 0.188. The fourth-order valence-electron chi connectivity index (χ4n) is 1.42. The van der Waals surface area contributed by atoms with E-state index in [1.54, 1.807) is 0 Å². The molecule has 19 heavy (non-hydrogen) atoms. The molecule has 1 atom stereocenters. The van der Waals surface area contributed by atoms with Crippen LogP contribution in [0.4, 0.5) is 4.79 Å². The average Bonchev–Trinajstić information content (AvgIpc) is 2.30. The summed E-state index contributed by atoms with van der Waals surface area (Å²) in [5.41, 5.74) is 0.667. The van der Waals surface area contributed by atoms with Crippen molar-refractivity contribution in [3.05, 3.63) is 42.8 Å². The predicted octanol–water partition coefficient (Wildman–Crippen LogP) is 3.84. The topological polar surface area (TPSA) is 38.3 Å². The van der Waals surface area contributed by atoms with Crippen molar-refractivity contribution in [1.29, 1.82) is 0 Å². The van der Waals surface area contributed by atoms with E-state index in [0.29, 0.717) is 6.42 Å². The fraction of sp³-hybridized carbons (Fsp3) is 0.429. The monoisotopic (exact) mass is 425 g/mol. The summed E-state index contributed by atoms with van der Waals surface area (Å²) in [5.74, 6) is 0. The second-order valence-corrected chi connectivity index (χ2v) is 5.03. The number of carbonyl (C=O) groups is 1. The molecule has 1 N–H and O–H groups in total. The van der Waals surface area contributed by atoms with Crippen LogP contribution in [0.1, 0.15) is 26.3 Å². The summed E-state index contributed by atoms with van der Waals surface area (Å²) in [7, 11) is 0. The molecule has 0 spiro atoms. The van der Waals surface area contributed by atoms with Gasteiger partial charge in [-0.25, -0.2) is 4.79 Å². The van der Waals surface area contributed by atoms with Crippen molar-refractivity contribution in [1.82, 2.24) is 5.32 Å². The molecule has 0 aliphatic rings. The average molecular weight is 427 g/mol. The van der Waals surface area contributed by atoms with Crippen molar-refractivity contribution in [2.75, 3.05) is 0 Å². The predicted molar refractivity (Wildman–Crippen MR) is 82.7 cm³/mol. The van der Waals surface area contributed by atoms with Gasteiger partial charge in [-0.1, -0.05) is 36.4 Å². The van der Waals surface area contributed by atoms with Crippen molar-refractivity contribution in [3.63, 3.8) is 0 Å². The van der Waals surface area contributed by atoms with Gasteiger partial charge >= 0.3 is 40.6 Å². The Balaban J connectivity index is 0.00000154. The Morgan fingerprint density at radius 3 is 2.37 bits per heavy atom. The van der Waals surface area contributed by atoms with Crippen LogP contribution in [0.3, 0.4) is 0 Å². The quantitative estimate of drug-likeness (QED) is 0.453. The van der Waals surface area contributed by atoms with Crippen LogP contribution in [0, 0.1) is 6.92 Å². The van der Waals surface area contributed by atoms with Crippen molar-refractivity contribution < 1.29 is 24.3 Å². The number of amides is 1. The maximum absolute atomic E-state index is 11.5. The molecule has 1 amide bonds. The normalized spacial score (nSPS) is 11.9. The molecule has 0 saturated heterocycles. The van der Waals surface area contributed by atoms with E-state index in [9.17, 15) is 4.79 Å². The molecule has 1 aromatic carbocycles. The van der Waals surface area contributed by atoms with Crippen LogP contribution in [0.25, 0.3) is 0 Å². The van der Waals surface area contributed by atoms with Crippen LogP contribution >= 0.6 is 19.8 Å². The first-order valence-electron chi connectivity index (χ1n) is 6.00. The molecule has 3 nitrogen and oxygen atoms in total. The first-order valence-corrected chi connectivity index (χ1v) is 15.0. The number of nitrogens with one attached hydrogen (secondary N) is 1. The third-order valence-corrected chi connectivity index (χ3v) is 2.05. The molecule has 0 saturated carbocycles. The number of ether oxygens (including phenoxy) is 1. The number of hydrogen-bond acceptors (Lipinski definition) is 2. The number of alkyl carbamates (subject to hydrolysis) is 1. The fourth-order valence-corrected chi connectivity index (χ4v) is 1.42. The zero-order valence-electron chi connectivity index (χ0n) is 11.8. The summed E-state index contributed by atoms with van der Waals surface area (Å²) in [4.78, 5) is 11.5. The third kappa shape index (κ3) is 10.3. The van der Waals surface area contributed by atoms with Gasteiger partial charge < -0.3 is 17.0 Å². The van der Waals surface area contributed by atoms with Gasteiger partial charge in [0, 0.05) is 0 Å². The molecule has 0 aliphatic heterocycles. The summed E-state index contributed by atoms with van der Waals surface area (Å²) in [5, 5.41) is 2.71. The van der Waals surface area contributed by atoms with Gasteiger partial charge in [0.15, 0.2) is 0 Å². The van der Waals surface area contributed by atoms with Crippen molar-refractivity contribution in [2.45, 2.75) is 38.8 Å². The first kappa shape index (κ1) is 18.8. The summed E-state index contributed by atoms with van der Waals surface area (Å²) in [6.07, 6.45) is 0.272. The molecule has 0 radical (unpaired) electrons. The van der Waals surface area contributed by atoms with Gasteiger partial charge in [-0.2, -0.15) is 0 Å². The number of hydrogen-bond donors (Lipinski definition) is 1. The molecule has 0 heterocycles. The summed E-state index contributed by atoms with van der Waals surface area (Å²) >= 11 is 3.62. The van der Waals surface area contributed by atoms with Crippen molar-refractivity contribution in [2.24, 2.45) is 0 Å².